The van der Waals surface area contributed by atoms with E-state index in [1.165, 1.54) is 11.3 Å². The van der Waals surface area contributed by atoms with Crippen molar-refractivity contribution in [2.75, 3.05) is 150 Å². The lowest BCUT2D eigenvalue weighted by Gasteiger charge is -2.35. The number of hydrazone groups is 1. The molecule has 4 heterocycles. The molecule has 2 aliphatic heterocycles. The number of likely N-dealkylation sites (N-methyl/N-ethyl adjacent to an activating group) is 2. The van der Waals surface area contributed by atoms with Gasteiger partial charge in [-0.15, -0.1) is 11.3 Å². The summed E-state index contributed by atoms with van der Waals surface area (Å²) in [6.45, 7) is 11.0. The van der Waals surface area contributed by atoms with Crippen molar-refractivity contribution in [1.29, 1.82) is 0 Å². The summed E-state index contributed by atoms with van der Waals surface area (Å²) in [5.41, 5.74) is 4.42. The molecule has 24 nitrogen and oxygen atoms in total. The molecule has 0 radical (unpaired) electrons. The van der Waals surface area contributed by atoms with E-state index in [1.54, 1.807) is 60.4 Å². The largest absolute Gasteiger partial charge is 0.497 e. The molecule has 478 valence electrons. The SMILES string of the molecule is COc1ccc(CNC(=O)C(c2cncn2C)N(CC2CCOCC2)C(=O)CCc2ccc(OCCCCN(C)CCOCCOCC/C(C=NCCOCCOc3ccc(NC(=O)Nc4nc(CC(=O)N5CCN(C)CC5)cs4)cc3)=N/N)cc2)cc1. The second-order valence-electron chi connectivity index (χ2n) is 21.7. The number of ether oxygens (including phenoxy) is 7. The minimum Gasteiger partial charge on any atom is -0.497 e. The zero-order valence-electron chi connectivity index (χ0n) is 51.5. The second kappa shape index (κ2) is 38.0. The van der Waals surface area contributed by atoms with Crippen LogP contribution in [0.4, 0.5) is 15.6 Å². The van der Waals surface area contributed by atoms with Crippen molar-refractivity contribution in [2.45, 2.75) is 64.0 Å². The number of unbranched alkanes of at least 4 members (excludes halogenated alkanes) is 1. The minimum absolute atomic E-state index is 0.0424. The molecule has 88 heavy (non-hydrogen) atoms. The number of nitrogens with zero attached hydrogens (tertiary/aromatic N) is 9. The van der Waals surface area contributed by atoms with Gasteiger partial charge in [-0.05, 0) is 118 Å². The van der Waals surface area contributed by atoms with Gasteiger partial charge in [0.2, 0.25) is 17.7 Å². The Morgan fingerprint density at radius 1 is 0.795 bits per heavy atom. The van der Waals surface area contributed by atoms with E-state index < -0.39 is 12.1 Å². The summed E-state index contributed by atoms with van der Waals surface area (Å²) in [5.74, 6) is 7.64. The van der Waals surface area contributed by atoms with E-state index in [0.717, 1.165) is 74.5 Å². The van der Waals surface area contributed by atoms with Crippen LogP contribution in [0.25, 0.3) is 0 Å². The van der Waals surface area contributed by atoms with Gasteiger partial charge in [0.25, 0.3) is 0 Å². The topological polar surface area (TPSA) is 263 Å². The summed E-state index contributed by atoms with van der Waals surface area (Å²) in [5, 5.41) is 14.6. The van der Waals surface area contributed by atoms with Crippen molar-refractivity contribution in [3.63, 3.8) is 0 Å². The van der Waals surface area contributed by atoms with Crippen molar-refractivity contribution in [1.82, 2.24) is 39.5 Å². The molecule has 5 amide bonds. The Bertz CT molecular complexity index is 2910. The van der Waals surface area contributed by atoms with Crippen LogP contribution in [0.15, 0.2) is 101 Å². The van der Waals surface area contributed by atoms with E-state index in [2.05, 4.69) is 52.9 Å². The first kappa shape index (κ1) is 68.0. The summed E-state index contributed by atoms with van der Waals surface area (Å²) in [4.78, 5) is 74.8. The molecule has 2 aliphatic rings. The number of hydrogen-bond acceptors (Lipinski definition) is 19. The minimum atomic E-state index is -0.853. The highest BCUT2D eigenvalue weighted by Crippen LogP contribution is 2.28. The lowest BCUT2D eigenvalue weighted by Crippen LogP contribution is -2.47. The number of methoxy groups -OCH3 is 1. The first-order valence-electron chi connectivity index (χ1n) is 30.3. The summed E-state index contributed by atoms with van der Waals surface area (Å²) in [6.07, 6.45) is 9.98. The molecule has 0 bridgehead atoms. The lowest BCUT2D eigenvalue weighted by atomic mass is 9.97. The maximum Gasteiger partial charge on any atom is 0.325 e. The molecule has 25 heteroatoms. The average Bonchev–Trinajstić information content (AvgIpc) is 4.39. The molecule has 0 saturated carbocycles. The van der Waals surface area contributed by atoms with E-state index in [0.29, 0.717) is 145 Å². The van der Waals surface area contributed by atoms with Crippen molar-refractivity contribution in [2.24, 2.45) is 28.9 Å². The molecule has 5 N–H and O–H groups in total. The third-order valence-electron chi connectivity index (χ3n) is 15.0. The highest BCUT2D eigenvalue weighted by Gasteiger charge is 2.35. The predicted octanol–water partition coefficient (Wildman–Crippen LogP) is 6.09. The Kier molecular flexibility index (Phi) is 29.4. The number of urea groups is 1. The molecule has 3 aromatic carbocycles. The predicted molar refractivity (Wildman–Crippen MR) is 340 cm³/mol. The first-order valence-corrected chi connectivity index (χ1v) is 31.2. The molecule has 7 rings (SSSR count). The Balaban J connectivity index is 0.674. The molecule has 2 fully saturated rings. The number of imidazole rings is 1. The fourth-order valence-electron chi connectivity index (χ4n) is 9.74. The molecule has 1 atom stereocenters. The van der Waals surface area contributed by atoms with Gasteiger partial charge in [-0.1, -0.05) is 24.3 Å². The quantitative estimate of drug-likeness (QED) is 0.0151. The van der Waals surface area contributed by atoms with Crippen LogP contribution in [0, 0.1) is 5.92 Å². The van der Waals surface area contributed by atoms with Crippen molar-refractivity contribution >= 4 is 57.8 Å². The van der Waals surface area contributed by atoms with E-state index >= 15 is 0 Å². The molecule has 2 aromatic heterocycles. The van der Waals surface area contributed by atoms with Gasteiger partial charge in [-0.3, -0.25) is 24.7 Å². The summed E-state index contributed by atoms with van der Waals surface area (Å²) < 4.78 is 41.8. The van der Waals surface area contributed by atoms with Gasteiger partial charge in [0.05, 0.1) is 95.9 Å². The van der Waals surface area contributed by atoms with Crippen LogP contribution >= 0.6 is 11.3 Å². The standard InChI is InChI=1S/C63H89N13O11S/c1-72(25-5-6-31-86-55-16-7-48(8-17-55)11-20-58(77)76(45-50-21-32-82-33-22-50)60(57-44-66-47-74(57)3)61(79)67-42-49-9-14-54(81-4)15-10-49)30-36-85-38-37-83-34-23-52(71-64)43-65-24-35-84-39-40-87-56-18-12-51(13-19-56)68-62(80)70-63-69-53(46-88-63)41-59(78)75-28-26-73(2)27-29-75/h7-10,12-19,43-44,46-47,50,60H,5-6,11,20-42,45,64H2,1-4H3,(H,67,79)(H2,68,69,70,80)/b65-43?,71-52-. The highest BCUT2D eigenvalue weighted by molar-refractivity contribution is 7.14. The van der Waals surface area contributed by atoms with Gasteiger partial charge in [0.1, 0.15) is 23.9 Å². The van der Waals surface area contributed by atoms with Gasteiger partial charge in [0, 0.05) is 96.2 Å². The normalized spacial score (nSPS) is 14.5. The third-order valence-corrected chi connectivity index (χ3v) is 15.8. The van der Waals surface area contributed by atoms with E-state index in [1.807, 2.05) is 72.1 Å². The number of carbonyl (C=O) groups is 4. The Hall–Kier alpha value is -7.52. The van der Waals surface area contributed by atoms with Crippen molar-refractivity contribution in [3.8, 4) is 17.2 Å². The van der Waals surface area contributed by atoms with Gasteiger partial charge >= 0.3 is 6.03 Å². The number of thiazole rings is 1. The fourth-order valence-corrected chi connectivity index (χ4v) is 10.4. The zero-order valence-corrected chi connectivity index (χ0v) is 52.3. The number of aromatic nitrogens is 3. The molecular formula is C63H89N13O11S. The number of carbonyl (C=O) groups excluding carboxylic acids is 4. The molecule has 0 spiro atoms. The Labute approximate surface area is 521 Å². The number of nitrogens with one attached hydrogen (secondary N) is 3. The lowest BCUT2D eigenvalue weighted by molar-refractivity contribution is -0.142. The van der Waals surface area contributed by atoms with Gasteiger partial charge < -0.3 is 73.8 Å². The number of nitrogens with two attached hydrogens (primary N) is 1. The molecule has 0 aliphatic carbocycles. The maximum absolute atomic E-state index is 14.3. The summed E-state index contributed by atoms with van der Waals surface area (Å²) in [7, 11) is 7.59. The average molecular weight is 1240 g/mol. The Morgan fingerprint density at radius 2 is 1.48 bits per heavy atom. The number of hydrogen-bond donors (Lipinski definition) is 4. The van der Waals surface area contributed by atoms with Crippen LogP contribution < -0.4 is 36.0 Å². The van der Waals surface area contributed by atoms with Gasteiger partial charge in [0.15, 0.2) is 11.2 Å². The number of amides is 5. The van der Waals surface area contributed by atoms with Crippen LogP contribution in [-0.2, 0) is 59.8 Å². The van der Waals surface area contributed by atoms with Crippen LogP contribution in [0.3, 0.4) is 0 Å². The van der Waals surface area contributed by atoms with Crippen LogP contribution in [0.5, 0.6) is 17.2 Å². The van der Waals surface area contributed by atoms with Crippen LogP contribution in [0.2, 0.25) is 0 Å². The first-order chi connectivity index (χ1) is 42.9. The summed E-state index contributed by atoms with van der Waals surface area (Å²) in [6, 6.07) is 21.2. The van der Waals surface area contributed by atoms with Crippen LogP contribution in [0.1, 0.15) is 67.1 Å². The van der Waals surface area contributed by atoms with E-state index in [-0.39, 0.29) is 36.5 Å². The smallest absolute Gasteiger partial charge is 0.325 e. The second-order valence-corrected chi connectivity index (χ2v) is 22.6. The number of rotatable bonds is 38. The van der Waals surface area contributed by atoms with Crippen molar-refractivity contribution < 1.29 is 52.3 Å². The Morgan fingerprint density at radius 3 is 2.19 bits per heavy atom. The van der Waals surface area contributed by atoms with Crippen molar-refractivity contribution in [3.05, 3.63) is 113 Å². The van der Waals surface area contributed by atoms with Gasteiger partial charge in [-0.25, -0.2) is 14.8 Å². The summed E-state index contributed by atoms with van der Waals surface area (Å²) >= 11 is 1.28. The molecule has 2 saturated heterocycles. The van der Waals surface area contributed by atoms with E-state index in [9.17, 15) is 19.2 Å². The monoisotopic (exact) mass is 1240 g/mol. The zero-order chi connectivity index (χ0) is 62.1. The fraction of sp³-hybridized carbons (Fsp3) is 0.524. The molecule has 5 aromatic rings. The maximum atomic E-state index is 14.3. The van der Waals surface area contributed by atoms with Crippen LogP contribution in [-0.4, -0.2) is 209 Å². The number of anilines is 2. The molecule has 1 unspecified atom stereocenters. The number of piperazine rings is 1. The van der Waals surface area contributed by atoms with Gasteiger partial charge in [-0.2, -0.15) is 5.10 Å². The third kappa shape index (κ3) is 24.2. The number of aliphatic imine (C=N–C) groups is 1. The highest BCUT2D eigenvalue weighted by atomic mass is 32.1. The number of aryl methyl sites for hydroxylation is 2. The molecular weight excluding hydrogens is 1150 g/mol. The number of benzene rings is 3. The van der Waals surface area contributed by atoms with E-state index in [4.69, 9.17) is 39.0 Å².